The Labute approximate surface area is 108 Å². The monoisotopic (exact) mass is 242 g/mol. The Morgan fingerprint density at radius 2 is 1.83 bits per heavy atom. The van der Waals surface area contributed by atoms with Crippen LogP contribution in [0.25, 0.3) is 0 Å². The van der Waals surface area contributed by atoms with Gasteiger partial charge in [0.25, 0.3) is 0 Å². The minimum Gasteiger partial charge on any atom is -0.495 e. The van der Waals surface area contributed by atoms with Crippen LogP contribution >= 0.6 is 0 Å². The Bertz CT molecular complexity index is 521. The Morgan fingerprint density at radius 1 is 1.11 bits per heavy atom. The fourth-order valence-corrected chi connectivity index (χ4v) is 1.80. The van der Waals surface area contributed by atoms with Crippen LogP contribution in [0.5, 0.6) is 5.75 Å². The van der Waals surface area contributed by atoms with Crippen LogP contribution < -0.4 is 15.8 Å². The van der Waals surface area contributed by atoms with E-state index >= 15 is 0 Å². The molecule has 0 aromatic heterocycles. The van der Waals surface area contributed by atoms with Crippen molar-refractivity contribution in [2.45, 2.75) is 13.5 Å². The second kappa shape index (κ2) is 5.56. The number of hydrogen-bond acceptors (Lipinski definition) is 3. The summed E-state index contributed by atoms with van der Waals surface area (Å²) < 4.78 is 5.33. The van der Waals surface area contributed by atoms with E-state index in [0.717, 1.165) is 22.7 Å². The van der Waals surface area contributed by atoms with Crippen molar-refractivity contribution in [2.24, 2.45) is 5.73 Å². The van der Waals surface area contributed by atoms with Crippen molar-refractivity contribution in [3.63, 3.8) is 0 Å². The Kier molecular flexibility index (Phi) is 3.85. The fraction of sp³-hybridized carbons (Fsp3) is 0.200. The van der Waals surface area contributed by atoms with E-state index in [2.05, 4.69) is 18.3 Å². The zero-order valence-electron chi connectivity index (χ0n) is 10.7. The molecule has 0 amide bonds. The lowest BCUT2D eigenvalue weighted by Gasteiger charge is -2.12. The lowest BCUT2D eigenvalue weighted by Crippen LogP contribution is -1.97. The third kappa shape index (κ3) is 2.81. The second-order valence-electron chi connectivity index (χ2n) is 4.23. The van der Waals surface area contributed by atoms with E-state index in [9.17, 15) is 0 Å². The van der Waals surface area contributed by atoms with Gasteiger partial charge in [-0.15, -0.1) is 0 Å². The van der Waals surface area contributed by atoms with Crippen molar-refractivity contribution < 1.29 is 4.74 Å². The molecule has 94 valence electrons. The van der Waals surface area contributed by atoms with Gasteiger partial charge >= 0.3 is 0 Å². The van der Waals surface area contributed by atoms with Crippen molar-refractivity contribution in [1.82, 2.24) is 0 Å². The molecule has 3 heteroatoms. The average Bonchev–Trinajstić information content (AvgIpc) is 2.40. The van der Waals surface area contributed by atoms with Crippen molar-refractivity contribution in [3.8, 4) is 5.75 Å². The summed E-state index contributed by atoms with van der Waals surface area (Å²) in [6, 6.07) is 14.1. The maximum Gasteiger partial charge on any atom is 0.142 e. The van der Waals surface area contributed by atoms with Crippen LogP contribution in [0.1, 0.15) is 11.1 Å². The van der Waals surface area contributed by atoms with Crippen LogP contribution in [0.4, 0.5) is 11.4 Å². The molecule has 0 aliphatic carbocycles. The number of hydrogen-bond donors (Lipinski definition) is 2. The minimum absolute atomic E-state index is 0.564. The maximum absolute atomic E-state index is 5.58. The lowest BCUT2D eigenvalue weighted by molar-refractivity contribution is 0.416. The summed E-state index contributed by atoms with van der Waals surface area (Å²) >= 11 is 0. The highest BCUT2D eigenvalue weighted by atomic mass is 16.5. The highest BCUT2D eigenvalue weighted by molar-refractivity contribution is 5.67. The highest BCUT2D eigenvalue weighted by Crippen LogP contribution is 2.28. The maximum atomic E-state index is 5.58. The van der Waals surface area contributed by atoms with Gasteiger partial charge in [0.15, 0.2) is 0 Å². The van der Waals surface area contributed by atoms with E-state index in [0.29, 0.717) is 6.54 Å². The van der Waals surface area contributed by atoms with Crippen LogP contribution in [0.2, 0.25) is 0 Å². The zero-order valence-corrected chi connectivity index (χ0v) is 10.7. The van der Waals surface area contributed by atoms with Crippen molar-refractivity contribution in [1.29, 1.82) is 0 Å². The summed E-state index contributed by atoms with van der Waals surface area (Å²) in [6.45, 7) is 2.62. The molecule has 0 saturated carbocycles. The number of nitrogens with two attached hydrogens (primary N) is 1. The van der Waals surface area contributed by atoms with Gasteiger partial charge in [0.05, 0.1) is 12.8 Å². The summed E-state index contributed by atoms with van der Waals surface area (Å²) in [5.74, 6) is 0.837. The molecule has 2 aromatic rings. The largest absolute Gasteiger partial charge is 0.495 e. The molecule has 0 aliphatic rings. The molecule has 0 heterocycles. The quantitative estimate of drug-likeness (QED) is 0.865. The molecule has 0 unspecified atom stereocenters. The van der Waals surface area contributed by atoms with Crippen LogP contribution in [-0.4, -0.2) is 7.11 Å². The first-order valence-corrected chi connectivity index (χ1v) is 5.93. The van der Waals surface area contributed by atoms with Crippen LogP contribution in [0.3, 0.4) is 0 Å². The molecule has 2 aromatic carbocycles. The van der Waals surface area contributed by atoms with Gasteiger partial charge < -0.3 is 15.8 Å². The smallest absolute Gasteiger partial charge is 0.142 e. The number of anilines is 2. The molecule has 0 fully saturated rings. The minimum atomic E-state index is 0.564. The van der Waals surface area contributed by atoms with Crippen LogP contribution in [0, 0.1) is 6.92 Å². The van der Waals surface area contributed by atoms with Gasteiger partial charge in [0, 0.05) is 12.2 Å². The summed E-state index contributed by atoms with van der Waals surface area (Å²) in [5, 5.41) is 3.35. The fourth-order valence-electron chi connectivity index (χ4n) is 1.80. The number of benzene rings is 2. The molecule has 18 heavy (non-hydrogen) atoms. The normalized spacial score (nSPS) is 10.2. The Morgan fingerprint density at radius 3 is 2.44 bits per heavy atom. The summed E-state index contributed by atoms with van der Waals surface area (Å²) in [6.07, 6.45) is 0. The lowest BCUT2D eigenvalue weighted by atomic mass is 10.1. The number of rotatable bonds is 4. The average molecular weight is 242 g/mol. The van der Waals surface area contributed by atoms with Crippen molar-refractivity contribution >= 4 is 11.4 Å². The van der Waals surface area contributed by atoms with Gasteiger partial charge in [-0.2, -0.15) is 0 Å². The second-order valence-corrected chi connectivity index (χ2v) is 4.23. The van der Waals surface area contributed by atoms with Gasteiger partial charge in [0.1, 0.15) is 5.75 Å². The summed E-state index contributed by atoms with van der Waals surface area (Å²) in [4.78, 5) is 0. The van der Waals surface area contributed by atoms with E-state index in [-0.39, 0.29) is 0 Å². The molecular formula is C15H18N2O. The number of aryl methyl sites for hydroxylation is 1. The molecule has 2 rings (SSSR count). The van der Waals surface area contributed by atoms with E-state index in [1.54, 1.807) is 7.11 Å². The molecule has 0 bridgehead atoms. The summed E-state index contributed by atoms with van der Waals surface area (Å²) in [5.41, 5.74) is 9.89. The van der Waals surface area contributed by atoms with Crippen LogP contribution in [-0.2, 0) is 6.54 Å². The molecular weight excluding hydrogens is 224 g/mol. The van der Waals surface area contributed by atoms with Gasteiger partial charge in [-0.1, -0.05) is 18.2 Å². The van der Waals surface area contributed by atoms with E-state index in [1.165, 1.54) is 5.56 Å². The third-order valence-electron chi connectivity index (χ3n) is 2.82. The predicted molar refractivity (Wildman–Crippen MR) is 75.3 cm³/mol. The first-order chi connectivity index (χ1) is 8.72. The van der Waals surface area contributed by atoms with E-state index < -0.39 is 0 Å². The number of ether oxygens (including phenoxy) is 1. The zero-order chi connectivity index (χ0) is 13.0. The Hall–Kier alpha value is -2.00. The predicted octanol–water partition coefficient (Wildman–Crippen LogP) is 3.21. The number of nitrogens with one attached hydrogen (secondary N) is 1. The van der Waals surface area contributed by atoms with Crippen molar-refractivity contribution in [3.05, 3.63) is 53.6 Å². The molecule has 0 spiro atoms. The van der Waals surface area contributed by atoms with Crippen molar-refractivity contribution in [2.75, 3.05) is 12.4 Å². The summed E-state index contributed by atoms with van der Waals surface area (Å²) in [7, 11) is 1.67. The van der Waals surface area contributed by atoms with Gasteiger partial charge in [-0.3, -0.25) is 0 Å². The molecule has 0 atom stereocenters. The molecule has 3 N–H and O–H groups in total. The van der Waals surface area contributed by atoms with Gasteiger partial charge in [-0.05, 0) is 42.3 Å². The third-order valence-corrected chi connectivity index (χ3v) is 2.82. The standard InChI is InChI=1S/C15H18N2O/c1-11-3-8-15(18-2)14(9-11)17-13-6-4-12(10-16)5-7-13/h3-9,17H,10,16H2,1-2H3. The van der Waals surface area contributed by atoms with Gasteiger partial charge in [-0.25, -0.2) is 0 Å². The number of methoxy groups -OCH3 is 1. The highest BCUT2D eigenvalue weighted by Gasteiger charge is 2.03. The van der Waals surface area contributed by atoms with Crippen LogP contribution in [0.15, 0.2) is 42.5 Å². The van der Waals surface area contributed by atoms with E-state index in [1.807, 2.05) is 36.4 Å². The SMILES string of the molecule is COc1ccc(C)cc1Nc1ccc(CN)cc1. The Balaban J connectivity index is 2.24. The molecule has 3 nitrogen and oxygen atoms in total. The van der Waals surface area contributed by atoms with E-state index in [4.69, 9.17) is 10.5 Å². The molecule has 0 radical (unpaired) electrons. The molecule has 0 saturated heterocycles. The molecule has 0 aliphatic heterocycles. The first kappa shape index (κ1) is 12.5. The van der Waals surface area contributed by atoms with Gasteiger partial charge in [0.2, 0.25) is 0 Å². The topological polar surface area (TPSA) is 47.3 Å². The first-order valence-electron chi connectivity index (χ1n) is 5.93.